The molecule has 3 nitrogen and oxygen atoms in total. The van der Waals surface area contributed by atoms with Crippen LogP contribution in [0.25, 0.3) is 10.2 Å². The summed E-state index contributed by atoms with van der Waals surface area (Å²) in [6.07, 6.45) is 1.63. The molecule has 0 aliphatic rings. The van der Waals surface area contributed by atoms with E-state index < -0.39 is 0 Å². The van der Waals surface area contributed by atoms with Crippen molar-refractivity contribution in [3.8, 4) is 0 Å². The fourth-order valence-corrected chi connectivity index (χ4v) is 3.34. The smallest absolute Gasteiger partial charge is 0.138 e. The van der Waals surface area contributed by atoms with Crippen molar-refractivity contribution < 1.29 is 0 Å². The van der Waals surface area contributed by atoms with Gasteiger partial charge in [0.15, 0.2) is 0 Å². The number of thiophene rings is 1. The fraction of sp³-hybridized carbons (Fsp3) is 0.200. The van der Waals surface area contributed by atoms with Gasteiger partial charge >= 0.3 is 0 Å². The highest BCUT2D eigenvalue weighted by atomic mass is 127. The van der Waals surface area contributed by atoms with Crippen LogP contribution >= 0.6 is 33.9 Å². The maximum Gasteiger partial charge on any atom is 0.138 e. The summed E-state index contributed by atoms with van der Waals surface area (Å²) in [6.45, 7) is 4.24. The first-order valence-electron chi connectivity index (χ1n) is 6.36. The molecule has 2 heterocycles. The van der Waals surface area contributed by atoms with Crippen LogP contribution in [0.15, 0.2) is 36.7 Å². The summed E-state index contributed by atoms with van der Waals surface area (Å²) >= 11 is 4.02. The molecule has 0 aliphatic carbocycles. The fourth-order valence-electron chi connectivity index (χ4n) is 2.13. The van der Waals surface area contributed by atoms with Gasteiger partial charge in [-0.05, 0) is 60.2 Å². The summed E-state index contributed by atoms with van der Waals surface area (Å²) in [6, 6.07) is 10.9. The van der Waals surface area contributed by atoms with E-state index in [2.05, 4.69) is 82.1 Å². The van der Waals surface area contributed by atoms with Crippen molar-refractivity contribution in [1.82, 2.24) is 9.97 Å². The number of fused-ring (bicyclic) bond motifs is 1. The van der Waals surface area contributed by atoms with Crippen LogP contribution in [-0.2, 0) is 0 Å². The van der Waals surface area contributed by atoms with E-state index in [0.29, 0.717) is 0 Å². The molecule has 0 amide bonds. The van der Waals surface area contributed by atoms with Crippen LogP contribution in [0.4, 0.5) is 5.82 Å². The van der Waals surface area contributed by atoms with Gasteiger partial charge in [0.2, 0.25) is 0 Å². The van der Waals surface area contributed by atoms with Gasteiger partial charge < -0.3 is 5.32 Å². The van der Waals surface area contributed by atoms with Gasteiger partial charge in [-0.3, -0.25) is 0 Å². The van der Waals surface area contributed by atoms with Crippen molar-refractivity contribution in [2.45, 2.75) is 19.9 Å². The van der Waals surface area contributed by atoms with Crippen molar-refractivity contribution in [1.29, 1.82) is 0 Å². The minimum atomic E-state index is 0.213. The lowest BCUT2D eigenvalue weighted by Crippen LogP contribution is -2.08. The van der Waals surface area contributed by atoms with Gasteiger partial charge in [-0.2, -0.15) is 0 Å². The number of aryl methyl sites for hydroxylation is 1. The van der Waals surface area contributed by atoms with Crippen molar-refractivity contribution in [3.63, 3.8) is 0 Å². The van der Waals surface area contributed by atoms with Crippen LogP contribution in [0.2, 0.25) is 0 Å². The summed E-state index contributed by atoms with van der Waals surface area (Å²) in [5.41, 5.74) is 1.25. The van der Waals surface area contributed by atoms with Crippen molar-refractivity contribution in [2.75, 3.05) is 5.32 Å². The van der Waals surface area contributed by atoms with E-state index >= 15 is 0 Å². The summed E-state index contributed by atoms with van der Waals surface area (Å²) < 4.78 is 1.25. The van der Waals surface area contributed by atoms with Gasteiger partial charge in [0.1, 0.15) is 17.0 Å². The Hall–Kier alpha value is -1.21. The van der Waals surface area contributed by atoms with Gasteiger partial charge in [0.05, 0.1) is 5.39 Å². The molecule has 0 unspecified atom stereocenters. The Labute approximate surface area is 135 Å². The molecule has 1 aromatic carbocycles. The lowest BCUT2D eigenvalue weighted by atomic mass is 10.1. The monoisotopic (exact) mass is 395 g/mol. The van der Waals surface area contributed by atoms with Crippen LogP contribution in [0, 0.1) is 10.5 Å². The minimum Gasteiger partial charge on any atom is -0.363 e. The standard InChI is InChI=1S/C15H14IN3S/c1-9-7-13-14(17-8-18-15(13)20-9)19-10(2)11-3-5-12(16)6-4-11/h3-8,10H,1-2H3,(H,17,18,19)/t10-/m0/s1. The molecular weight excluding hydrogens is 381 g/mol. The molecule has 2 aromatic heterocycles. The van der Waals surface area contributed by atoms with Gasteiger partial charge in [-0.25, -0.2) is 9.97 Å². The average molecular weight is 395 g/mol. The number of rotatable bonds is 3. The predicted octanol–water partition coefficient (Wildman–Crippen LogP) is 4.78. The molecule has 0 fully saturated rings. The second-order valence-electron chi connectivity index (χ2n) is 4.72. The van der Waals surface area contributed by atoms with Gasteiger partial charge in [-0.15, -0.1) is 11.3 Å². The van der Waals surface area contributed by atoms with Crippen LogP contribution in [-0.4, -0.2) is 9.97 Å². The lowest BCUT2D eigenvalue weighted by molar-refractivity contribution is 0.875. The summed E-state index contributed by atoms with van der Waals surface area (Å²) in [7, 11) is 0. The maximum atomic E-state index is 4.39. The second-order valence-corrected chi connectivity index (χ2v) is 7.20. The highest BCUT2D eigenvalue weighted by Crippen LogP contribution is 2.29. The number of aromatic nitrogens is 2. The molecule has 102 valence electrons. The molecule has 1 N–H and O–H groups in total. The Morgan fingerprint density at radius 1 is 1.20 bits per heavy atom. The summed E-state index contributed by atoms with van der Waals surface area (Å²) in [4.78, 5) is 11.0. The Balaban J connectivity index is 1.90. The van der Waals surface area contributed by atoms with Gasteiger partial charge in [0, 0.05) is 14.5 Å². The molecule has 20 heavy (non-hydrogen) atoms. The van der Waals surface area contributed by atoms with Crippen LogP contribution in [0.1, 0.15) is 23.4 Å². The van der Waals surface area contributed by atoms with E-state index in [-0.39, 0.29) is 6.04 Å². The van der Waals surface area contributed by atoms with E-state index in [4.69, 9.17) is 0 Å². The number of halogens is 1. The van der Waals surface area contributed by atoms with Gasteiger partial charge in [0.25, 0.3) is 0 Å². The molecule has 0 saturated heterocycles. The van der Waals surface area contributed by atoms with E-state index in [1.54, 1.807) is 17.7 Å². The summed E-state index contributed by atoms with van der Waals surface area (Å²) in [5.74, 6) is 0.908. The number of hydrogen-bond acceptors (Lipinski definition) is 4. The Kier molecular flexibility index (Phi) is 3.89. The zero-order valence-electron chi connectivity index (χ0n) is 11.2. The van der Waals surface area contributed by atoms with E-state index in [0.717, 1.165) is 16.0 Å². The molecule has 1 atom stereocenters. The third kappa shape index (κ3) is 2.78. The number of benzene rings is 1. The lowest BCUT2D eigenvalue weighted by Gasteiger charge is -2.15. The zero-order valence-corrected chi connectivity index (χ0v) is 14.2. The Morgan fingerprint density at radius 2 is 1.95 bits per heavy atom. The molecule has 0 radical (unpaired) electrons. The first kappa shape index (κ1) is 13.8. The molecule has 3 rings (SSSR count). The molecule has 0 saturated carbocycles. The molecular formula is C15H14IN3S. The normalized spacial score (nSPS) is 12.6. The predicted molar refractivity (Wildman–Crippen MR) is 93.3 cm³/mol. The maximum absolute atomic E-state index is 4.39. The molecule has 0 aliphatic heterocycles. The molecule has 3 aromatic rings. The van der Waals surface area contributed by atoms with E-state index in [9.17, 15) is 0 Å². The van der Waals surface area contributed by atoms with E-state index in [1.807, 2.05) is 0 Å². The number of anilines is 1. The number of hydrogen-bond donors (Lipinski definition) is 1. The van der Waals surface area contributed by atoms with Crippen molar-refractivity contribution in [2.24, 2.45) is 0 Å². The molecule has 0 bridgehead atoms. The minimum absolute atomic E-state index is 0.213. The average Bonchev–Trinajstić information content (AvgIpc) is 2.81. The quantitative estimate of drug-likeness (QED) is 0.649. The molecule has 5 heteroatoms. The van der Waals surface area contributed by atoms with Gasteiger partial charge in [-0.1, -0.05) is 12.1 Å². The topological polar surface area (TPSA) is 37.8 Å². The highest BCUT2D eigenvalue weighted by Gasteiger charge is 2.10. The first-order chi connectivity index (χ1) is 9.63. The summed E-state index contributed by atoms with van der Waals surface area (Å²) in [5, 5.41) is 4.59. The largest absolute Gasteiger partial charge is 0.363 e. The SMILES string of the molecule is Cc1cc2c(N[C@@H](C)c3ccc(I)cc3)ncnc2s1. The first-order valence-corrected chi connectivity index (χ1v) is 8.26. The Bertz CT molecular complexity index is 736. The second kappa shape index (κ2) is 5.65. The van der Waals surface area contributed by atoms with Crippen molar-refractivity contribution >= 4 is 50.0 Å². The number of nitrogens with zero attached hydrogens (tertiary/aromatic N) is 2. The van der Waals surface area contributed by atoms with Crippen LogP contribution in [0.3, 0.4) is 0 Å². The third-order valence-corrected chi connectivity index (χ3v) is 4.85. The Morgan fingerprint density at radius 3 is 2.70 bits per heavy atom. The van der Waals surface area contributed by atoms with Crippen LogP contribution in [0.5, 0.6) is 0 Å². The highest BCUT2D eigenvalue weighted by molar-refractivity contribution is 14.1. The third-order valence-electron chi connectivity index (χ3n) is 3.18. The number of nitrogens with one attached hydrogen (secondary N) is 1. The zero-order chi connectivity index (χ0) is 14.1. The molecule has 0 spiro atoms. The van der Waals surface area contributed by atoms with Crippen molar-refractivity contribution in [3.05, 3.63) is 50.7 Å². The van der Waals surface area contributed by atoms with E-state index in [1.165, 1.54) is 14.0 Å². The van der Waals surface area contributed by atoms with Crippen LogP contribution < -0.4 is 5.32 Å².